The van der Waals surface area contributed by atoms with E-state index in [0.29, 0.717) is 17.1 Å². The van der Waals surface area contributed by atoms with Gasteiger partial charge in [0.05, 0.1) is 16.9 Å². The van der Waals surface area contributed by atoms with Crippen molar-refractivity contribution in [2.24, 2.45) is 0 Å². The smallest absolute Gasteiger partial charge is 0.262 e. The summed E-state index contributed by atoms with van der Waals surface area (Å²) < 4.78 is 19.7. The Balaban J connectivity index is 1.65. The van der Waals surface area contributed by atoms with E-state index in [-0.39, 0.29) is 18.1 Å². The number of amides is 2. The molecule has 3 aromatic carbocycles. The van der Waals surface area contributed by atoms with Crippen LogP contribution in [-0.4, -0.2) is 18.4 Å². The predicted molar refractivity (Wildman–Crippen MR) is 100 cm³/mol. The lowest BCUT2D eigenvalue weighted by Gasteiger charge is -2.20. The van der Waals surface area contributed by atoms with E-state index in [1.54, 1.807) is 24.3 Å². The molecule has 0 radical (unpaired) electrons. The van der Waals surface area contributed by atoms with Crippen molar-refractivity contribution in [3.63, 3.8) is 0 Å². The molecule has 1 aliphatic heterocycles. The van der Waals surface area contributed by atoms with Gasteiger partial charge in [-0.3, -0.25) is 9.59 Å². The van der Waals surface area contributed by atoms with Gasteiger partial charge in [-0.1, -0.05) is 42.5 Å². The minimum atomic E-state index is -0.619. The van der Waals surface area contributed by atoms with Crippen molar-refractivity contribution in [2.75, 3.05) is 17.2 Å². The van der Waals surface area contributed by atoms with Gasteiger partial charge in [-0.2, -0.15) is 0 Å². The highest BCUT2D eigenvalue weighted by molar-refractivity contribution is 6.07. The van der Waals surface area contributed by atoms with E-state index in [9.17, 15) is 14.0 Å². The van der Waals surface area contributed by atoms with Crippen LogP contribution in [0.15, 0.2) is 66.7 Å². The Hall–Kier alpha value is -3.67. The molecule has 5 nitrogen and oxygen atoms in total. The van der Waals surface area contributed by atoms with Crippen LogP contribution in [0.2, 0.25) is 0 Å². The average molecular weight is 362 g/mol. The van der Waals surface area contributed by atoms with Gasteiger partial charge in [0, 0.05) is 0 Å². The standard InChI is InChI=1S/C21H15FN2O3/c22-16-10-9-14(13-5-2-1-3-6-13)11-15(16)21(26)24-18-8-4-7-17-20(18)27-12-19(25)23-17/h1-11H,12H2,(H,23,25)(H,24,26). The van der Waals surface area contributed by atoms with Crippen molar-refractivity contribution >= 4 is 23.2 Å². The summed E-state index contributed by atoms with van der Waals surface area (Å²) in [5.74, 6) is -1.14. The van der Waals surface area contributed by atoms with Crippen LogP contribution in [0.5, 0.6) is 5.75 Å². The van der Waals surface area contributed by atoms with Crippen molar-refractivity contribution in [1.29, 1.82) is 0 Å². The number of anilines is 2. The Morgan fingerprint density at radius 1 is 1.00 bits per heavy atom. The number of hydrogen-bond acceptors (Lipinski definition) is 3. The van der Waals surface area contributed by atoms with E-state index in [0.717, 1.165) is 11.1 Å². The van der Waals surface area contributed by atoms with Crippen LogP contribution in [0, 0.1) is 5.82 Å². The molecule has 27 heavy (non-hydrogen) atoms. The second-order valence-electron chi connectivity index (χ2n) is 6.03. The van der Waals surface area contributed by atoms with E-state index in [1.165, 1.54) is 12.1 Å². The Morgan fingerprint density at radius 2 is 1.81 bits per heavy atom. The number of benzene rings is 3. The molecule has 1 heterocycles. The fourth-order valence-corrected chi connectivity index (χ4v) is 2.91. The second kappa shape index (κ2) is 6.92. The predicted octanol–water partition coefficient (Wildman–Crippen LogP) is 4.08. The maximum Gasteiger partial charge on any atom is 0.262 e. The zero-order valence-electron chi connectivity index (χ0n) is 14.2. The number of carbonyl (C=O) groups excluding carboxylic acids is 2. The highest BCUT2D eigenvalue weighted by Gasteiger charge is 2.21. The third-order valence-electron chi connectivity index (χ3n) is 4.20. The normalized spacial score (nSPS) is 12.6. The molecule has 6 heteroatoms. The van der Waals surface area contributed by atoms with Crippen molar-refractivity contribution in [2.45, 2.75) is 0 Å². The lowest BCUT2D eigenvalue weighted by atomic mass is 10.0. The molecule has 0 aromatic heterocycles. The lowest BCUT2D eigenvalue weighted by Crippen LogP contribution is -2.26. The summed E-state index contributed by atoms with van der Waals surface area (Å²) in [6.07, 6.45) is 0. The summed E-state index contributed by atoms with van der Waals surface area (Å²) in [6, 6.07) is 18.8. The Morgan fingerprint density at radius 3 is 2.63 bits per heavy atom. The number of fused-ring (bicyclic) bond motifs is 1. The average Bonchev–Trinajstić information content (AvgIpc) is 2.69. The quantitative estimate of drug-likeness (QED) is 0.738. The first-order valence-electron chi connectivity index (χ1n) is 8.34. The largest absolute Gasteiger partial charge is 0.479 e. The van der Waals surface area contributed by atoms with Gasteiger partial charge in [0.2, 0.25) is 0 Å². The van der Waals surface area contributed by atoms with Gasteiger partial charge in [-0.05, 0) is 35.4 Å². The van der Waals surface area contributed by atoms with E-state index in [1.807, 2.05) is 30.3 Å². The van der Waals surface area contributed by atoms with Crippen LogP contribution in [0.1, 0.15) is 10.4 Å². The number of halogens is 1. The molecule has 0 atom stereocenters. The molecule has 0 saturated carbocycles. The number of rotatable bonds is 3. The molecule has 0 unspecified atom stereocenters. The maximum absolute atomic E-state index is 14.3. The Bertz CT molecular complexity index is 1030. The van der Waals surface area contributed by atoms with E-state index in [4.69, 9.17) is 4.74 Å². The second-order valence-corrected chi connectivity index (χ2v) is 6.03. The number of nitrogens with one attached hydrogen (secondary N) is 2. The molecule has 0 aliphatic carbocycles. The minimum Gasteiger partial charge on any atom is -0.479 e. The monoisotopic (exact) mass is 362 g/mol. The van der Waals surface area contributed by atoms with Gasteiger partial charge in [0.15, 0.2) is 12.4 Å². The van der Waals surface area contributed by atoms with Crippen LogP contribution in [0.3, 0.4) is 0 Å². The molecule has 2 N–H and O–H groups in total. The van der Waals surface area contributed by atoms with E-state index >= 15 is 0 Å². The molecular weight excluding hydrogens is 347 g/mol. The Labute approximate surface area is 154 Å². The number of carbonyl (C=O) groups is 2. The fourth-order valence-electron chi connectivity index (χ4n) is 2.91. The van der Waals surface area contributed by atoms with Crippen LogP contribution >= 0.6 is 0 Å². The van der Waals surface area contributed by atoms with Gasteiger partial charge in [0.1, 0.15) is 5.82 Å². The number of ether oxygens (including phenoxy) is 1. The van der Waals surface area contributed by atoms with Crippen LogP contribution < -0.4 is 15.4 Å². The van der Waals surface area contributed by atoms with Crippen molar-refractivity contribution in [3.8, 4) is 16.9 Å². The van der Waals surface area contributed by atoms with Crippen LogP contribution in [-0.2, 0) is 4.79 Å². The molecule has 134 valence electrons. The summed E-state index contributed by atoms with van der Waals surface area (Å²) in [5, 5.41) is 5.33. The zero-order valence-corrected chi connectivity index (χ0v) is 14.2. The molecule has 1 aliphatic rings. The van der Waals surface area contributed by atoms with Gasteiger partial charge < -0.3 is 15.4 Å². The maximum atomic E-state index is 14.3. The molecule has 0 spiro atoms. The summed E-state index contributed by atoms with van der Waals surface area (Å²) >= 11 is 0. The van der Waals surface area contributed by atoms with Crippen LogP contribution in [0.25, 0.3) is 11.1 Å². The zero-order chi connectivity index (χ0) is 18.8. The van der Waals surface area contributed by atoms with Crippen LogP contribution in [0.4, 0.5) is 15.8 Å². The highest BCUT2D eigenvalue weighted by atomic mass is 19.1. The topological polar surface area (TPSA) is 67.4 Å². The molecular formula is C21H15FN2O3. The first kappa shape index (κ1) is 16.8. The number of para-hydroxylation sites is 1. The van der Waals surface area contributed by atoms with E-state index in [2.05, 4.69) is 10.6 Å². The van der Waals surface area contributed by atoms with E-state index < -0.39 is 11.7 Å². The molecule has 4 rings (SSSR count). The Kier molecular flexibility index (Phi) is 4.30. The molecule has 0 fully saturated rings. The summed E-state index contributed by atoms with van der Waals surface area (Å²) in [4.78, 5) is 24.1. The lowest BCUT2D eigenvalue weighted by molar-refractivity contribution is -0.118. The third-order valence-corrected chi connectivity index (χ3v) is 4.20. The minimum absolute atomic E-state index is 0.0752. The summed E-state index contributed by atoms with van der Waals surface area (Å²) in [7, 11) is 0. The first-order valence-corrected chi connectivity index (χ1v) is 8.34. The molecule has 3 aromatic rings. The van der Waals surface area contributed by atoms with Gasteiger partial charge >= 0.3 is 0 Å². The van der Waals surface area contributed by atoms with Crippen molar-refractivity contribution in [3.05, 3.63) is 78.1 Å². The SMILES string of the molecule is O=C1COc2c(cccc2NC(=O)c2cc(-c3ccccc3)ccc2F)N1. The first-order chi connectivity index (χ1) is 13.1. The summed E-state index contributed by atoms with van der Waals surface area (Å²) in [5.41, 5.74) is 2.37. The summed E-state index contributed by atoms with van der Waals surface area (Å²) in [6.45, 7) is -0.141. The molecule has 0 bridgehead atoms. The molecule has 2 amide bonds. The van der Waals surface area contributed by atoms with Gasteiger partial charge in [-0.25, -0.2) is 4.39 Å². The number of hydrogen-bond donors (Lipinski definition) is 2. The van der Waals surface area contributed by atoms with Crippen molar-refractivity contribution < 1.29 is 18.7 Å². The molecule has 0 saturated heterocycles. The van der Waals surface area contributed by atoms with Gasteiger partial charge in [0.25, 0.3) is 11.8 Å². The third kappa shape index (κ3) is 3.37. The highest BCUT2D eigenvalue weighted by Crippen LogP contribution is 2.35. The van der Waals surface area contributed by atoms with Gasteiger partial charge in [-0.15, -0.1) is 0 Å². The fraction of sp³-hybridized carbons (Fsp3) is 0.0476. The van der Waals surface area contributed by atoms with Crippen molar-refractivity contribution in [1.82, 2.24) is 0 Å².